The second-order valence-electron chi connectivity index (χ2n) is 4.75. The van der Waals surface area contributed by atoms with E-state index >= 15 is 0 Å². The maximum Gasteiger partial charge on any atom is 0.306 e. The number of aliphatic imine (C=N–C) groups is 1. The normalized spacial score (nSPS) is 21.2. The molecule has 1 unspecified atom stereocenters. The minimum atomic E-state index is -3.76. The summed E-state index contributed by atoms with van der Waals surface area (Å²) in [4.78, 5) is 15.7. The van der Waals surface area contributed by atoms with Crippen LogP contribution in [0.1, 0.15) is 20.3 Å². The van der Waals surface area contributed by atoms with Gasteiger partial charge in [-0.05, 0) is 12.5 Å². The van der Waals surface area contributed by atoms with Crippen LogP contribution in [0.3, 0.4) is 0 Å². The number of nitrogens with zero attached hydrogens (tertiary/aromatic N) is 3. The van der Waals surface area contributed by atoms with Crippen molar-refractivity contribution >= 4 is 21.8 Å². The zero-order valence-electron chi connectivity index (χ0n) is 12.5. The Kier molecular flexibility index (Phi) is 4.66. The third-order valence-corrected chi connectivity index (χ3v) is 5.62. The predicted molar refractivity (Wildman–Crippen MR) is 82.2 cm³/mol. The monoisotopic (exact) mass is 328 g/mol. The number of amides is 1. The van der Waals surface area contributed by atoms with Gasteiger partial charge >= 0.3 is 10.2 Å². The van der Waals surface area contributed by atoms with Crippen LogP contribution in [0.2, 0.25) is 0 Å². The second kappa shape index (κ2) is 6.16. The fourth-order valence-electron chi connectivity index (χ4n) is 2.44. The summed E-state index contributed by atoms with van der Waals surface area (Å²) in [6, 6.07) is 0. The van der Waals surface area contributed by atoms with Crippen LogP contribution in [0.25, 0.3) is 0 Å². The lowest BCUT2D eigenvalue weighted by atomic mass is 10.0. The molecule has 122 valence electrons. The topological polar surface area (TPSA) is 134 Å². The van der Waals surface area contributed by atoms with Crippen LogP contribution in [0.5, 0.6) is 0 Å². The van der Waals surface area contributed by atoms with Crippen LogP contribution >= 0.6 is 0 Å². The molecule has 0 aromatic carbocycles. The molecule has 2 rings (SSSR count). The number of nitrogens with two attached hydrogens (primary N) is 2. The lowest BCUT2D eigenvalue weighted by Crippen LogP contribution is -2.48. The molecule has 0 spiro atoms. The van der Waals surface area contributed by atoms with E-state index in [1.165, 1.54) is 10.4 Å². The summed E-state index contributed by atoms with van der Waals surface area (Å²) in [6.45, 7) is 4.18. The number of allylic oxidation sites excluding steroid dienone is 2. The molecular weight excluding hydrogens is 308 g/mol. The van der Waals surface area contributed by atoms with Gasteiger partial charge in [0.05, 0.1) is 11.4 Å². The Morgan fingerprint density at radius 3 is 2.68 bits per heavy atom. The van der Waals surface area contributed by atoms with Crippen molar-refractivity contribution in [3.8, 4) is 0 Å². The average molecular weight is 328 g/mol. The Morgan fingerprint density at radius 1 is 1.50 bits per heavy atom. The molecule has 22 heavy (non-hydrogen) atoms. The van der Waals surface area contributed by atoms with Crippen molar-refractivity contribution in [1.82, 2.24) is 14.0 Å². The number of fused-ring (bicyclic) bond motifs is 1. The molecule has 0 radical (unpaired) electrons. The summed E-state index contributed by atoms with van der Waals surface area (Å²) in [5, 5.41) is 0. The Hall–Kier alpha value is -1.75. The van der Waals surface area contributed by atoms with E-state index < -0.39 is 22.4 Å². The first-order chi connectivity index (χ1) is 10.4. The smallest absolute Gasteiger partial charge is 0.292 e. The summed E-state index contributed by atoms with van der Waals surface area (Å²) < 4.78 is 27.7. The molecule has 0 fully saturated rings. The molecule has 10 heteroatoms. The van der Waals surface area contributed by atoms with Gasteiger partial charge in [-0.25, -0.2) is 15.1 Å². The number of hydrogen-bond acceptors (Lipinski definition) is 6. The maximum absolute atomic E-state index is 12.7. The summed E-state index contributed by atoms with van der Waals surface area (Å²) in [5.41, 5.74) is 9.07. The first-order valence-corrected chi connectivity index (χ1v) is 8.31. The average Bonchev–Trinajstić information content (AvgIpc) is 2.82. The highest BCUT2D eigenvalue weighted by molar-refractivity contribution is 7.87. The summed E-state index contributed by atoms with van der Waals surface area (Å²) in [6.07, 6.45) is 2.35. The number of rotatable bonds is 5. The molecule has 2 aliphatic rings. The lowest BCUT2D eigenvalue weighted by Gasteiger charge is -2.30. The van der Waals surface area contributed by atoms with Gasteiger partial charge in [0.2, 0.25) is 0 Å². The first kappa shape index (κ1) is 16.6. The highest BCUT2D eigenvalue weighted by atomic mass is 32.2. The van der Waals surface area contributed by atoms with E-state index in [1.807, 2.05) is 5.43 Å². The van der Waals surface area contributed by atoms with Crippen molar-refractivity contribution in [3.05, 3.63) is 23.4 Å². The van der Waals surface area contributed by atoms with Crippen LogP contribution in [-0.4, -0.2) is 48.0 Å². The maximum atomic E-state index is 12.7. The molecule has 1 aliphatic heterocycles. The Morgan fingerprint density at radius 2 is 2.14 bits per heavy atom. The third-order valence-electron chi connectivity index (χ3n) is 3.54. The van der Waals surface area contributed by atoms with Crippen molar-refractivity contribution in [2.24, 2.45) is 16.6 Å². The Labute approximate surface area is 129 Å². The van der Waals surface area contributed by atoms with E-state index in [1.54, 1.807) is 19.9 Å². The zero-order valence-corrected chi connectivity index (χ0v) is 13.3. The van der Waals surface area contributed by atoms with Crippen molar-refractivity contribution in [2.45, 2.75) is 26.6 Å². The van der Waals surface area contributed by atoms with Gasteiger partial charge in [-0.1, -0.05) is 19.9 Å². The highest BCUT2D eigenvalue weighted by Gasteiger charge is 2.40. The van der Waals surface area contributed by atoms with Crippen LogP contribution < -0.4 is 17.0 Å². The Bertz CT molecular complexity index is 662. The first-order valence-electron chi connectivity index (χ1n) is 6.91. The van der Waals surface area contributed by atoms with Crippen molar-refractivity contribution in [3.63, 3.8) is 0 Å². The summed E-state index contributed by atoms with van der Waals surface area (Å²) in [7, 11) is -3.76. The molecule has 0 bridgehead atoms. The lowest BCUT2D eigenvalue weighted by molar-refractivity contribution is -0.117. The van der Waals surface area contributed by atoms with Gasteiger partial charge in [0.15, 0.2) is 6.29 Å². The second-order valence-corrected chi connectivity index (χ2v) is 6.56. The molecular formula is C12H20N6O3S. The van der Waals surface area contributed by atoms with E-state index in [9.17, 15) is 13.2 Å². The fraction of sp³-hybridized carbons (Fsp3) is 0.500. The molecule has 9 nitrogen and oxygen atoms in total. The van der Waals surface area contributed by atoms with E-state index in [-0.39, 0.29) is 6.42 Å². The van der Waals surface area contributed by atoms with Gasteiger partial charge in [0.1, 0.15) is 0 Å². The quantitative estimate of drug-likeness (QED) is 0.330. The number of nitrogens with one attached hydrogen (secondary N) is 1. The molecule has 0 aromatic heterocycles. The van der Waals surface area contributed by atoms with Crippen molar-refractivity contribution < 1.29 is 13.2 Å². The van der Waals surface area contributed by atoms with E-state index in [0.29, 0.717) is 30.1 Å². The molecule has 1 aliphatic carbocycles. The number of hydrogen-bond donors (Lipinski definition) is 3. The Balaban J connectivity index is 2.35. The molecule has 1 amide bonds. The van der Waals surface area contributed by atoms with Gasteiger partial charge in [0.25, 0.3) is 5.91 Å². The zero-order chi connectivity index (χ0) is 16.5. The van der Waals surface area contributed by atoms with Crippen LogP contribution in [0, 0.1) is 0 Å². The van der Waals surface area contributed by atoms with Gasteiger partial charge in [-0.15, -0.1) is 0 Å². The van der Waals surface area contributed by atoms with Crippen molar-refractivity contribution in [1.29, 1.82) is 0 Å². The largest absolute Gasteiger partial charge is 0.306 e. The van der Waals surface area contributed by atoms with Crippen LogP contribution in [0.15, 0.2) is 28.4 Å². The van der Waals surface area contributed by atoms with E-state index in [4.69, 9.17) is 11.6 Å². The van der Waals surface area contributed by atoms with Crippen LogP contribution in [0.4, 0.5) is 0 Å². The summed E-state index contributed by atoms with van der Waals surface area (Å²) in [5.74, 6) is 4.67. The predicted octanol–water partition coefficient (Wildman–Crippen LogP) is -1.22. The van der Waals surface area contributed by atoms with E-state index in [2.05, 4.69) is 4.99 Å². The molecule has 1 heterocycles. The number of hydrazine groups is 1. The minimum absolute atomic E-state index is 0.258. The third kappa shape index (κ3) is 2.65. The minimum Gasteiger partial charge on any atom is -0.292 e. The SMILES string of the molecule is CCN(CC)S(=O)(=O)N1C2=CCC(C(=O)NN)=CC2=NC1N. The van der Waals surface area contributed by atoms with Crippen molar-refractivity contribution in [2.75, 3.05) is 13.1 Å². The van der Waals surface area contributed by atoms with E-state index in [0.717, 1.165) is 4.31 Å². The molecule has 0 aromatic rings. The number of carbonyl (C=O) groups excluding carboxylic acids is 1. The molecule has 0 saturated heterocycles. The highest BCUT2D eigenvalue weighted by Crippen LogP contribution is 2.29. The van der Waals surface area contributed by atoms with Gasteiger partial charge < -0.3 is 0 Å². The standard InChI is InChI=1S/C12H20N6O3S/c1-3-17(4-2)22(20,21)18-10-6-5-8(11(19)16-14)7-9(10)15-12(18)13/h6-7,12H,3-5,13-14H2,1-2H3,(H,16,19). The van der Waals surface area contributed by atoms with Gasteiger partial charge in [-0.2, -0.15) is 12.7 Å². The molecule has 0 saturated carbocycles. The fourth-order valence-corrected chi connectivity index (χ4v) is 4.08. The van der Waals surface area contributed by atoms with Gasteiger partial charge in [0, 0.05) is 18.7 Å². The molecule has 5 N–H and O–H groups in total. The number of carbonyl (C=O) groups is 1. The molecule has 1 atom stereocenters. The van der Waals surface area contributed by atoms with Gasteiger partial charge in [-0.3, -0.25) is 16.0 Å². The summed E-state index contributed by atoms with van der Waals surface area (Å²) >= 11 is 0. The van der Waals surface area contributed by atoms with Crippen LogP contribution in [-0.2, 0) is 15.0 Å².